The van der Waals surface area contributed by atoms with Crippen molar-refractivity contribution < 1.29 is 4.79 Å². The topological polar surface area (TPSA) is 42.0 Å². The van der Waals surface area contributed by atoms with Crippen LogP contribution in [0.5, 0.6) is 0 Å². The van der Waals surface area contributed by atoms with Crippen molar-refractivity contribution in [3.05, 3.63) is 30.1 Å². The number of aromatic nitrogens is 1. The van der Waals surface area contributed by atoms with Crippen LogP contribution in [0.4, 0.5) is 0 Å². The van der Waals surface area contributed by atoms with Gasteiger partial charge in [0, 0.05) is 12.7 Å². The van der Waals surface area contributed by atoms with E-state index in [4.69, 9.17) is 0 Å². The minimum absolute atomic E-state index is 0.0914. The van der Waals surface area contributed by atoms with E-state index in [0.29, 0.717) is 18.2 Å². The predicted octanol–water partition coefficient (Wildman–Crippen LogP) is 1.86. The Labute approximate surface area is 84.6 Å². The number of amides is 1. The van der Waals surface area contributed by atoms with Gasteiger partial charge in [0.1, 0.15) is 5.69 Å². The van der Waals surface area contributed by atoms with Gasteiger partial charge in [0.2, 0.25) is 0 Å². The molecule has 0 saturated heterocycles. The van der Waals surface area contributed by atoms with Crippen LogP contribution in [-0.2, 0) is 0 Å². The van der Waals surface area contributed by atoms with Gasteiger partial charge in [-0.05, 0) is 24.5 Å². The van der Waals surface area contributed by atoms with Crippen LogP contribution in [0.15, 0.2) is 24.4 Å². The molecule has 1 amide bonds. The van der Waals surface area contributed by atoms with Gasteiger partial charge in [-0.1, -0.05) is 19.9 Å². The molecule has 0 unspecified atom stereocenters. The van der Waals surface area contributed by atoms with Crippen LogP contribution in [-0.4, -0.2) is 17.4 Å². The molecular weight excluding hydrogens is 176 g/mol. The Bertz CT molecular complexity index is 283. The molecule has 0 bridgehead atoms. The molecule has 0 saturated carbocycles. The zero-order chi connectivity index (χ0) is 10.4. The van der Waals surface area contributed by atoms with Gasteiger partial charge in [0.25, 0.3) is 5.91 Å². The summed E-state index contributed by atoms with van der Waals surface area (Å²) in [6.07, 6.45) is 2.62. The van der Waals surface area contributed by atoms with Crippen molar-refractivity contribution in [1.29, 1.82) is 0 Å². The smallest absolute Gasteiger partial charge is 0.269 e. The molecule has 3 nitrogen and oxygen atoms in total. The first-order valence-corrected chi connectivity index (χ1v) is 4.89. The summed E-state index contributed by atoms with van der Waals surface area (Å²) in [5.41, 5.74) is 0.483. The minimum atomic E-state index is -0.0914. The molecule has 1 rings (SSSR count). The molecule has 0 radical (unpaired) electrons. The average Bonchev–Trinajstić information content (AvgIpc) is 2.18. The Balaban J connectivity index is 2.36. The predicted molar refractivity (Wildman–Crippen MR) is 56.0 cm³/mol. The summed E-state index contributed by atoms with van der Waals surface area (Å²) >= 11 is 0. The number of hydrogen-bond donors (Lipinski definition) is 1. The van der Waals surface area contributed by atoms with Crippen LogP contribution in [0.25, 0.3) is 0 Å². The van der Waals surface area contributed by atoms with Crippen LogP contribution in [0, 0.1) is 5.92 Å². The fourth-order valence-electron chi connectivity index (χ4n) is 1.06. The van der Waals surface area contributed by atoms with E-state index in [1.165, 1.54) is 0 Å². The maximum absolute atomic E-state index is 11.5. The van der Waals surface area contributed by atoms with E-state index in [2.05, 4.69) is 24.1 Å². The Morgan fingerprint density at radius 2 is 2.29 bits per heavy atom. The number of rotatable bonds is 4. The number of hydrogen-bond acceptors (Lipinski definition) is 2. The lowest BCUT2D eigenvalue weighted by molar-refractivity contribution is 0.0947. The van der Waals surface area contributed by atoms with Gasteiger partial charge in [-0.3, -0.25) is 9.78 Å². The van der Waals surface area contributed by atoms with E-state index in [9.17, 15) is 4.79 Å². The van der Waals surface area contributed by atoms with Gasteiger partial charge in [-0.15, -0.1) is 0 Å². The van der Waals surface area contributed by atoms with Crippen molar-refractivity contribution >= 4 is 5.91 Å². The Kier molecular flexibility index (Phi) is 4.11. The molecule has 0 aromatic carbocycles. The van der Waals surface area contributed by atoms with E-state index in [1.807, 2.05) is 6.07 Å². The zero-order valence-electron chi connectivity index (χ0n) is 8.66. The van der Waals surface area contributed by atoms with Gasteiger partial charge in [0.05, 0.1) is 0 Å². The maximum atomic E-state index is 11.5. The number of carbonyl (C=O) groups excluding carboxylic acids is 1. The third-order valence-electron chi connectivity index (χ3n) is 1.90. The maximum Gasteiger partial charge on any atom is 0.269 e. The highest BCUT2D eigenvalue weighted by atomic mass is 16.1. The van der Waals surface area contributed by atoms with E-state index < -0.39 is 0 Å². The number of pyridine rings is 1. The van der Waals surface area contributed by atoms with Crippen LogP contribution < -0.4 is 5.32 Å². The van der Waals surface area contributed by atoms with E-state index >= 15 is 0 Å². The molecule has 0 atom stereocenters. The summed E-state index contributed by atoms with van der Waals surface area (Å²) in [6.45, 7) is 4.98. The summed E-state index contributed by atoms with van der Waals surface area (Å²) < 4.78 is 0. The number of nitrogens with zero attached hydrogens (tertiary/aromatic N) is 1. The highest BCUT2D eigenvalue weighted by Gasteiger charge is 2.04. The fraction of sp³-hybridized carbons (Fsp3) is 0.455. The Hall–Kier alpha value is -1.38. The lowest BCUT2D eigenvalue weighted by Gasteiger charge is -2.06. The van der Waals surface area contributed by atoms with Gasteiger partial charge in [-0.2, -0.15) is 0 Å². The summed E-state index contributed by atoms with van der Waals surface area (Å²) in [5, 5.41) is 2.83. The summed E-state index contributed by atoms with van der Waals surface area (Å²) in [5.74, 6) is 0.519. The van der Waals surface area contributed by atoms with Crippen LogP contribution in [0.2, 0.25) is 0 Å². The van der Waals surface area contributed by atoms with Crippen molar-refractivity contribution in [1.82, 2.24) is 10.3 Å². The molecule has 0 fully saturated rings. The van der Waals surface area contributed by atoms with Crippen molar-refractivity contribution in [2.75, 3.05) is 6.54 Å². The molecular formula is C11H16N2O. The van der Waals surface area contributed by atoms with E-state index in [0.717, 1.165) is 6.42 Å². The molecule has 1 N–H and O–H groups in total. The quantitative estimate of drug-likeness (QED) is 0.791. The second-order valence-electron chi connectivity index (χ2n) is 3.65. The van der Waals surface area contributed by atoms with Crippen molar-refractivity contribution in [2.45, 2.75) is 20.3 Å². The van der Waals surface area contributed by atoms with Crippen LogP contribution >= 0.6 is 0 Å². The molecule has 76 valence electrons. The third-order valence-corrected chi connectivity index (χ3v) is 1.90. The van der Waals surface area contributed by atoms with E-state index in [1.54, 1.807) is 18.3 Å². The zero-order valence-corrected chi connectivity index (χ0v) is 8.66. The number of carbonyl (C=O) groups is 1. The molecule has 0 spiro atoms. The fourth-order valence-corrected chi connectivity index (χ4v) is 1.06. The first-order chi connectivity index (χ1) is 6.70. The standard InChI is InChI=1S/C11H16N2O/c1-9(2)6-8-13-11(14)10-5-3-4-7-12-10/h3-5,7,9H,6,8H2,1-2H3,(H,13,14). The van der Waals surface area contributed by atoms with Crippen molar-refractivity contribution in [3.63, 3.8) is 0 Å². The van der Waals surface area contributed by atoms with Gasteiger partial charge in [-0.25, -0.2) is 0 Å². The SMILES string of the molecule is CC(C)CCNC(=O)c1ccccn1. The Morgan fingerprint density at radius 3 is 2.86 bits per heavy atom. The second kappa shape index (κ2) is 5.37. The number of nitrogens with one attached hydrogen (secondary N) is 1. The van der Waals surface area contributed by atoms with Gasteiger partial charge in [0.15, 0.2) is 0 Å². The first-order valence-electron chi connectivity index (χ1n) is 4.89. The molecule has 14 heavy (non-hydrogen) atoms. The summed E-state index contributed by atoms with van der Waals surface area (Å²) in [4.78, 5) is 15.4. The summed E-state index contributed by atoms with van der Waals surface area (Å²) in [7, 11) is 0. The lowest BCUT2D eigenvalue weighted by atomic mass is 10.1. The molecule has 3 heteroatoms. The normalized spacial score (nSPS) is 10.2. The third kappa shape index (κ3) is 3.56. The van der Waals surface area contributed by atoms with Gasteiger partial charge < -0.3 is 5.32 Å². The van der Waals surface area contributed by atoms with E-state index in [-0.39, 0.29) is 5.91 Å². The molecule has 1 aromatic heterocycles. The minimum Gasteiger partial charge on any atom is -0.351 e. The molecule has 0 aliphatic carbocycles. The van der Waals surface area contributed by atoms with Crippen LogP contribution in [0.3, 0.4) is 0 Å². The highest BCUT2D eigenvalue weighted by molar-refractivity contribution is 5.92. The van der Waals surface area contributed by atoms with Crippen molar-refractivity contribution in [3.8, 4) is 0 Å². The second-order valence-corrected chi connectivity index (χ2v) is 3.65. The summed E-state index contributed by atoms with van der Waals surface area (Å²) in [6, 6.07) is 5.32. The monoisotopic (exact) mass is 192 g/mol. The largest absolute Gasteiger partial charge is 0.351 e. The first kappa shape index (κ1) is 10.7. The van der Waals surface area contributed by atoms with Gasteiger partial charge >= 0.3 is 0 Å². The molecule has 0 aliphatic rings. The molecule has 1 aromatic rings. The van der Waals surface area contributed by atoms with Crippen LogP contribution in [0.1, 0.15) is 30.8 Å². The van der Waals surface area contributed by atoms with Crippen molar-refractivity contribution in [2.24, 2.45) is 5.92 Å². The Morgan fingerprint density at radius 1 is 1.50 bits per heavy atom. The molecule has 0 aliphatic heterocycles. The average molecular weight is 192 g/mol. The molecule has 1 heterocycles. The lowest BCUT2D eigenvalue weighted by Crippen LogP contribution is -2.25. The highest BCUT2D eigenvalue weighted by Crippen LogP contribution is 1.97.